The second-order valence-electron chi connectivity index (χ2n) is 4.82. The van der Waals surface area contributed by atoms with Crippen molar-refractivity contribution in [2.75, 3.05) is 7.11 Å². The molecule has 1 heterocycles. The van der Waals surface area contributed by atoms with E-state index in [9.17, 15) is 0 Å². The number of rotatable bonds is 4. The minimum atomic E-state index is 0.357. The molecule has 19 heavy (non-hydrogen) atoms. The van der Waals surface area contributed by atoms with Crippen LogP contribution >= 0.6 is 0 Å². The van der Waals surface area contributed by atoms with Gasteiger partial charge in [0.15, 0.2) is 5.75 Å². The molecule has 0 unspecified atom stereocenters. The first-order chi connectivity index (χ1) is 9.36. The Labute approximate surface area is 113 Å². The molecule has 0 atom stereocenters. The minimum absolute atomic E-state index is 0.357. The summed E-state index contributed by atoms with van der Waals surface area (Å²) >= 11 is 0. The maximum atomic E-state index is 5.93. The predicted octanol–water partition coefficient (Wildman–Crippen LogP) is 3.20. The molecule has 3 rings (SSSR count). The number of benzene rings is 1. The molecule has 4 nitrogen and oxygen atoms in total. The normalized spacial score (nSPS) is 15.6. The molecule has 0 radical (unpaired) electrons. The average molecular weight is 258 g/mol. The van der Waals surface area contributed by atoms with Gasteiger partial charge in [-0.2, -0.15) is 5.10 Å². The summed E-state index contributed by atoms with van der Waals surface area (Å²) in [4.78, 5) is 0. The number of hydrogen-bond acceptors (Lipinski definition) is 3. The molecular formula is C15H18N2O2. The first-order valence-electron chi connectivity index (χ1n) is 6.71. The Morgan fingerprint density at radius 2 is 2.00 bits per heavy atom. The van der Waals surface area contributed by atoms with Crippen LogP contribution in [0.2, 0.25) is 0 Å². The maximum Gasteiger partial charge on any atom is 0.158 e. The fraction of sp³-hybridized carbons (Fsp3) is 0.400. The van der Waals surface area contributed by atoms with Crippen molar-refractivity contribution in [3.05, 3.63) is 36.7 Å². The largest absolute Gasteiger partial charge is 0.494 e. The Kier molecular flexibility index (Phi) is 3.40. The highest BCUT2D eigenvalue weighted by molar-refractivity contribution is 5.46. The van der Waals surface area contributed by atoms with Crippen LogP contribution in [-0.4, -0.2) is 23.0 Å². The van der Waals surface area contributed by atoms with E-state index in [0.29, 0.717) is 6.10 Å². The number of nitrogens with zero attached hydrogens (tertiary/aromatic N) is 2. The van der Waals surface area contributed by atoms with E-state index >= 15 is 0 Å². The molecule has 100 valence electrons. The van der Waals surface area contributed by atoms with Crippen LogP contribution in [0.15, 0.2) is 36.7 Å². The van der Waals surface area contributed by atoms with Crippen LogP contribution < -0.4 is 9.47 Å². The highest BCUT2D eigenvalue weighted by Gasteiger charge is 2.17. The van der Waals surface area contributed by atoms with Crippen molar-refractivity contribution in [1.29, 1.82) is 0 Å². The quantitative estimate of drug-likeness (QED) is 0.845. The lowest BCUT2D eigenvalue weighted by Crippen LogP contribution is -2.10. The van der Waals surface area contributed by atoms with E-state index in [0.717, 1.165) is 30.0 Å². The second kappa shape index (κ2) is 5.34. The first kappa shape index (κ1) is 12.1. The van der Waals surface area contributed by atoms with Crippen LogP contribution in [0.4, 0.5) is 0 Å². The SMILES string of the molecule is COc1ccccc1-n1cc(OC2CCCC2)cn1. The molecule has 1 aromatic carbocycles. The molecule has 0 aliphatic heterocycles. The van der Waals surface area contributed by atoms with Crippen LogP contribution in [0.1, 0.15) is 25.7 Å². The van der Waals surface area contributed by atoms with Crippen LogP contribution in [0, 0.1) is 0 Å². The van der Waals surface area contributed by atoms with Gasteiger partial charge in [-0.15, -0.1) is 0 Å². The van der Waals surface area contributed by atoms with E-state index in [1.54, 1.807) is 18.0 Å². The van der Waals surface area contributed by atoms with E-state index < -0.39 is 0 Å². The van der Waals surface area contributed by atoms with Crippen molar-refractivity contribution in [2.45, 2.75) is 31.8 Å². The van der Waals surface area contributed by atoms with E-state index in [1.165, 1.54) is 12.8 Å². The van der Waals surface area contributed by atoms with Gasteiger partial charge in [-0.05, 0) is 37.8 Å². The third-order valence-electron chi connectivity index (χ3n) is 3.50. The van der Waals surface area contributed by atoms with Crippen molar-refractivity contribution in [3.63, 3.8) is 0 Å². The summed E-state index contributed by atoms with van der Waals surface area (Å²) in [6.45, 7) is 0. The van der Waals surface area contributed by atoms with E-state index in [1.807, 2.05) is 30.5 Å². The monoisotopic (exact) mass is 258 g/mol. The summed E-state index contributed by atoms with van der Waals surface area (Å²) in [6, 6.07) is 7.82. The number of ether oxygens (including phenoxy) is 2. The van der Waals surface area contributed by atoms with Crippen molar-refractivity contribution in [2.24, 2.45) is 0 Å². The van der Waals surface area contributed by atoms with Gasteiger partial charge in [-0.1, -0.05) is 12.1 Å². The highest BCUT2D eigenvalue weighted by Crippen LogP contribution is 2.26. The van der Waals surface area contributed by atoms with Crippen molar-refractivity contribution < 1.29 is 9.47 Å². The zero-order valence-electron chi connectivity index (χ0n) is 11.1. The van der Waals surface area contributed by atoms with Crippen molar-refractivity contribution >= 4 is 0 Å². The van der Waals surface area contributed by atoms with Gasteiger partial charge < -0.3 is 9.47 Å². The lowest BCUT2D eigenvalue weighted by atomic mass is 10.3. The summed E-state index contributed by atoms with van der Waals surface area (Å²) in [5, 5.41) is 4.35. The molecule has 0 N–H and O–H groups in total. The Morgan fingerprint density at radius 1 is 1.21 bits per heavy atom. The maximum absolute atomic E-state index is 5.93. The Hall–Kier alpha value is -1.97. The minimum Gasteiger partial charge on any atom is -0.494 e. The predicted molar refractivity (Wildman–Crippen MR) is 73.0 cm³/mol. The topological polar surface area (TPSA) is 36.3 Å². The summed E-state index contributed by atoms with van der Waals surface area (Å²) in [7, 11) is 1.66. The fourth-order valence-corrected chi connectivity index (χ4v) is 2.52. The van der Waals surface area contributed by atoms with Crippen molar-refractivity contribution in [3.8, 4) is 17.2 Å². The van der Waals surface area contributed by atoms with Gasteiger partial charge in [0.25, 0.3) is 0 Å². The van der Waals surface area contributed by atoms with E-state index in [2.05, 4.69) is 5.10 Å². The first-order valence-corrected chi connectivity index (χ1v) is 6.71. The van der Waals surface area contributed by atoms with Gasteiger partial charge in [0, 0.05) is 0 Å². The smallest absolute Gasteiger partial charge is 0.158 e. The van der Waals surface area contributed by atoms with E-state index in [-0.39, 0.29) is 0 Å². The second-order valence-corrected chi connectivity index (χ2v) is 4.82. The summed E-state index contributed by atoms with van der Waals surface area (Å²) < 4.78 is 13.1. The molecule has 2 aromatic rings. The lowest BCUT2D eigenvalue weighted by Gasteiger charge is -2.10. The Morgan fingerprint density at radius 3 is 2.79 bits per heavy atom. The lowest BCUT2D eigenvalue weighted by molar-refractivity contribution is 0.210. The third kappa shape index (κ3) is 2.57. The number of aromatic nitrogens is 2. The van der Waals surface area contributed by atoms with Crippen LogP contribution in [0.3, 0.4) is 0 Å². The standard InChI is InChI=1S/C15H18N2O2/c1-18-15-9-5-4-8-14(15)17-11-13(10-16-17)19-12-6-2-3-7-12/h4-5,8-12H,2-3,6-7H2,1H3. The molecule has 0 spiro atoms. The Bertz CT molecular complexity index is 545. The molecule has 1 aromatic heterocycles. The number of para-hydroxylation sites is 2. The molecular weight excluding hydrogens is 240 g/mol. The number of hydrogen-bond donors (Lipinski definition) is 0. The fourth-order valence-electron chi connectivity index (χ4n) is 2.52. The van der Waals surface area contributed by atoms with Crippen LogP contribution in [-0.2, 0) is 0 Å². The zero-order chi connectivity index (χ0) is 13.1. The van der Waals surface area contributed by atoms with Gasteiger partial charge in [0.1, 0.15) is 11.4 Å². The van der Waals surface area contributed by atoms with Gasteiger partial charge in [0.2, 0.25) is 0 Å². The highest BCUT2D eigenvalue weighted by atomic mass is 16.5. The molecule has 1 saturated carbocycles. The van der Waals surface area contributed by atoms with Crippen LogP contribution in [0.5, 0.6) is 11.5 Å². The third-order valence-corrected chi connectivity index (χ3v) is 3.50. The van der Waals surface area contributed by atoms with Gasteiger partial charge in [0.05, 0.1) is 25.6 Å². The van der Waals surface area contributed by atoms with Gasteiger partial charge >= 0.3 is 0 Å². The van der Waals surface area contributed by atoms with E-state index in [4.69, 9.17) is 9.47 Å². The summed E-state index contributed by atoms with van der Waals surface area (Å²) in [5.74, 6) is 1.64. The molecule has 0 amide bonds. The van der Waals surface area contributed by atoms with Crippen LogP contribution in [0.25, 0.3) is 5.69 Å². The summed E-state index contributed by atoms with van der Waals surface area (Å²) in [6.07, 6.45) is 8.88. The molecule has 1 aliphatic rings. The van der Waals surface area contributed by atoms with Crippen molar-refractivity contribution in [1.82, 2.24) is 9.78 Å². The average Bonchev–Trinajstić information content (AvgIpc) is 3.11. The summed E-state index contributed by atoms with van der Waals surface area (Å²) in [5.41, 5.74) is 0.922. The molecule has 0 saturated heterocycles. The number of methoxy groups -OCH3 is 1. The molecule has 1 fully saturated rings. The Balaban J connectivity index is 1.80. The van der Waals surface area contributed by atoms with Gasteiger partial charge in [-0.3, -0.25) is 0 Å². The zero-order valence-corrected chi connectivity index (χ0v) is 11.1. The molecule has 0 bridgehead atoms. The van der Waals surface area contributed by atoms with Gasteiger partial charge in [-0.25, -0.2) is 4.68 Å². The molecule has 1 aliphatic carbocycles. The molecule has 4 heteroatoms.